The maximum atomic E-state index is 13.0. The molecule has 0 fully saturated rings. The highest BCUT2D eigenvalue weighted by Crippen LogP contribution is 2.24. The number of halogens is 1. The van der Waals surface area contributed by atoms with Gasteiger partial charge in [-0.15, -0.1) is 0 Å². The molecule has 0 saturated carbocycles. The summed E-state index contributed by atoms with van der Waals surface area (Å²) in [5.74, 6) is -0.157. The molecule has 0 aromatic heterocycles. The highest BCUT2D eigenvalue weighted by molar-refractivity contribution is 5.32. The molecule has 1 aromatic rings. The molecule has 0 saturated heterocycles. The lowest BCUT2D eigenvalue weighted by Gasteiger charge is -2.35. The van der Waals surface area contributed by atoms with E-state index in [0.29, 0.717) is 12.1 Å². The SMILES string of the molecule is CCC(C)(C)N(C)Cc1cc(F)ccc1O. The smallest absolute Gasteiger partial charge is 0.123 e. The zero-order chi connectivity index (χ0) is 12.3. The van der Waals surface area contributed by atoms with Gasteiger partial charge >= 0.3 is 0 Å². The molecule has 2 nitrogen and oxygen atoms in total. The minimum absolute atomic E-state index is 0.0404. The van der Waals surface area contributed by atoms with Crippen molar-refractivity contribution in [3.8, 4) is 5.75 Å². The van der Waals surface area contributed by atoms with Gasteiger partial charge < -0.3 is 5.11 Å². The van der Waals surface area contributed by atoms with E-state index in [4.69, 9.17) is 0 Å². The second-order valence-electron chi connectivity index (χ2n) is 4.80. The Hall–Kier alpha value is -1.09. The van der Waals surface area contributed by atoms with Gasteiger partial charge in [-0.3, -0.25) is 4.90 Å². The molecule has 0 atom stereocenters. The zero-order valence-electron chi connectivity index (χ0n) is 10.4. The van der Waals surface area contributed by atoms with Crippen molar-refractivity contribution in [3.63, 3.8) is 0 Å². The third-order valence-electron chi connectivity index (χ3n) is 3.35. The maximum Gasteiger partial charge on any atom is 0.123 e. The van der Waals surface area contributed by atoms with Gasteiger partial charge in [-0.2, -0.15) is 0 Å². The first-order valence-corrected chi connectivity index (χ1v) is 5.55. The minimum Gasteiger partial charge on any atom is -0.508 e. The van der Waals surface area contributed by atoms with Crippen LogP contribution in [0.25, 0.3) is 0 Å². The summed E-state index contributed by atoms with van der Waals surface area (Å²) in [7, 11) is 1.98. The predicted octanol–water partition coefficient (Wildman–Crippen LogP) is 3.15. The molecule has 3 heteroatoms. The first-order valence-electron chi connectivity index (χ1n) is 5.55. The van der Waals surface area contributed by atoms with Gasteiger partial charge in [0.2, 0.25) is 0 Å². The van der Waals surface area contributed by atoms with E-state index in [1.54, 1.807) is 0 Å². The van der Waals surface area contributed by atoms with E-state index in [2.05, 4.69) is 25.7 Å². The van der Waals surface area contributed by atoms with Crippen molar-refractivity contribution >= 4 is 0 Å². The van der Waals surface area contributed by atoms with Gasteiger partial charge in [0.05, 0.1) is 0 Å². The number of rotatable bonds is 4. The summed E-state index contributed by atoms with van der Waals surface area (Å²) in [6, 6.07) is 4.05. The maximum absolute atomic E-state index is 13.0. The Labute approximate surface area is 96.7 Å². The second-order valence-corrected chi connectivity index (χ2v) is 4.80. The number of benzene rings is 1. The molecule has 1 aromatic carbocycles. The fourth-order valence-corrected chi connectivity index (χ4v) is 1.42. The van der Waals surface area contributed by atoms with Gasteiger partial charge in [-0.25, -0.2) is 4.39 Å². The molecule has 0 spiro atoms. The van der Waals surface area contributed by atoms with Crippen molar-refractivity contribution in [3.05, 3.63) is 29.6 Å². The summed E-state index contributed by atoms with van der Waals surface area (Å²) in [5, 5.41) is 9.63. The largest absolute Gasteiger partial charge is 0.508 e. The number of nitrogens with zero attached hydrogens (tertiary/aromatic N) is 1. The zero-order valence-corrected chi connectivity index (χ0v) is 10.4. The summed E-state index contributed by atoms with van der Waals surface area (Å²) < 4.78 is 13.0. The van der Waals surface area contributed by atoms with Crippen molar-refractivity contribution in [2.45, 2.75) is 39.3 Å². The van der Waals surface area contributed by atoms with Crippen LogP contribution in [0.2, 0.25) is 0 Å². The van der Waals surface area contributed by atoms with Crippen LogP contribution < -0.4 is 0 Å². The summed E-state index contributed by atoms with van der Waals surface area (Å²) in [5.41, 5.74) is 0.669. The molecule has 0 unspecified atom stereocenters. The average Bonchev–Trinajstić information content (AvgIpc) is 2.23. The van der Waals surface area contributed by atoms with E-state index in [0.717, 1.165) is 6.42 Å². The fourth-order valence-electron chi connectivity index (χ4n) is 1.42. The Bertz CT molecular complexity index is 363. The van der Waals surface area contributed by atoms with Gasteiger partial charge in [-0.05, 0) is 45.5 Å². The van der Waals surface area contributed by atoms with Crippen molar-refractivity contribution in [2.75, 3.05) is 7.05 Å². The fraction of sp³-hybridized carbons (Fsp3) is 0.538. The van der Waals surface area contributed by atoms with Crippen LogP contribution in [0, 0.1) is 5.82 Å². The van der Waals surface area contributed by atoms with Gasteiger partial charge in [-0.1, -0.05) is 6.92 Å². The normalized spacial score (nSPS) is 12.1. The molecule has 0 aliphatic rings. The van der Waals surface area contributed by atoms with Crippen molar-refractivity contribution in [1.82, 2.24) is 4.90 Å². The van der Waals surface area contributed by atoms with Gasteiger partial charge in [0.1, 0.15) is 11.6 Å². The lowest BCUT2D eigenvalue weighted by atomic mass is 9.99. The molecule has 1 rings (SSSR count). The molecule has 1 N–H and O–H groups in total. The van der Waals surface area contributed by atoms with Crippen LogP contribution >= 0.6 is 0 Å². The average molecular weight is 225 g/mol. The summed E-state index contributed by atoms with van der Waals surface area (Å²) >= 11 is 0. The Balaban J connectivity index is 2.84. The summed E-state index contributed by atoms with van der Waals surface area (Å²) in [6.07, 6.45) is 1.000. The Morgan fingerprint density at radius 2 is 2.00 bits per heavy atom. The predicted molar refractivity (Wildman–Crippen MR) is 63.9 cm³/mol. The number of phenolic OH excluding ortho intramolecular Hbond substituents is 1. The van der Waals surface area contributed by atoms with Crippen molar-refractivity contribution in [1.29, 1.82) is 0 Å². The standard InChI is InChI=1S/C13H20FNO/c1-5-13(2,3)15(4)9-10-8-11(14)6-7-12(10)16/h6-8,16H,5,9H2,1-4H3. The first-order chi connectivity index (χ1) is 7.36. The van der Waals surface area contributed by atoms with Gasteiger partial charge in [0.25, 0.3) is 0 Å². The Kier molecular flexibility index (Phi) is 3.92. The molecule has 90 valence electrons. The van der Waals surface area contributed by atoms with Crippen LogP contribution in [0.5, 0.6) is 5.75 Å². The molecule has 0 amide bonds. The van der Waals surface area contributed by atoms with Crippen LogP contribution in [0.15, 0.2) is 18.2 Å². The molecule has 16 heavy (non-hydrogen) atoms. The third kappa shape index (κ3) is 2.95. The molecular formula is C13H20FNO. The van der Waals surface area contributed by atoms with Crippen LogP contribution in [0.3, 0.4) is 0 Å². The van der Waals surface area contributed by atoms with E-state index in [-0.39, 0.29) is 17.1 Å². The number of hydrogen-bond donors (Lipinski definition) is 1. The molecule has 0 aliphatic carbocycles. The van der Waals surface area contributed by atoms with E-state index >= 15 is 0 Å². The highest BCUT2D eigenvalue weighted by Gasteiger charge is 2.21. The topological polar surface area (TPSA) is 23.5 Å². The molecule has 0 bridgehead atoms. The summed E-state index contributed by atoms with van der Waals surface area (Å²) in [4.78, 5) is 2.11. The number of aromatic hydroxyl groups is 1. The van der Waals surface area contributed by atoms with E-state index < -0.39 is 0 Å². The third-order valence-corrected chi connectivity index (χ3v) is 3.35. The van der Waals surface area contributed by atoms with E-state index in [1.807, 2.05) is 7.05 Å². The molecule has 0 radical (unpaired) electrons. The van der Waals surface area contributed by atoms with E-state index in [9.17, 15) is 9.50 Å². The molecular weight excluding hydrogens is 205 g/mol. The lowest BCUT2D eigenvalue weighted by Crippen LogP contribution is -2.39. The van der Waals surface area contributed by atoms with Crippen molar-refractivity contribution < 1.29 is 9.50 Å². The lowest BCUT2D eigenvalue weighted by molar-refractivity contribution is 0.141. The monoisotopic (exact) mass is 225 g/mol. The van der Waals surface area contributed by atoms with Gasteiger partial charge in [0, 0.05) is 17.6 Å². The Morgan fingerprint density at radius 3 is 2.56 bits per heavy atom. The van der Waals surface area contributed by atoms with Crippen LogP contribution in [-0.2, 0) is 6.54 Å². The first kappa shape index (κ1) is 13.0. The summed E-state index contributed by atoms with van der Waals surface area (Å²) in [6.45, 7) is 6.92. The van der Waals surface area contributed by atoms with Crippen LogP contribution in [0.1, 0.15) is 32.8 Å². The quantitative estimate of drug-likeness (QED) is 0.851. The number of hydrogen-bond acceptors (Lipinski definition) is 2. The minimum atomic E-state index is -0.310. The highest BCUT2D eigenvalue weighted by atomic mass is 19.1. The second kappa shape index (κ2) is 4.83. The Morgan fingerprint density at radius 1 is 1.38 bits per heavy atom. The van der Waals surface area contributed by atoms with Crippen LogP contribution in [-0.4, -0.2) is 22.6 Å². The molecule has 0 heterocycles. The van der Waals surface area contributed by atoms with Crippen molar-refractivity contribution in [2.24, 2.45) is 0 Å². The van der Waals surface area contributed by atoms with Crippen LogP contribution in [0.4, 0.5) is 4.39 Å². The number of phenols is 1. The van der Waals surface area contributed by atoms with Gasteiger partial charge in [0.15, 0.2) is 0 Å². The molecule has 0 aliphatic heterocycles. The van der Waals surface area contributed by atoms with E-state index in [1.165, 1.54) is 18.2 Å².